The molecule has 0 atom stereocenters. The molecule has 16 heavy (non-hydrogen) atoms. The fourth-order valence-electron chi connectivity index (χ4n) is 1.34. The normalized spacial score (nSPS) is 10.0. The van der Waals surface area contributed by atoms with Crippen molar-refractivity contribution >= 4 is 22.7 Å². The van der Waals surface area contributed by atoms with E-state index in [9.17, 15) is 4.79 Å². The van der Waals surface area contributed by atoms with E-state index >= 15 is 0 Å². The van der Waals surface area contributed by atoms with E-state index in [2.05, 4.69) is 0 Å². The summed E-state index contributed by atoms with van der Waals surface area (Å²) in [4.78, 5) is 12.2. The second kappa shape index (κ2) is 4.29. The quantitative estimate of drug-likeness (QED) is 0.588. The lowest BCUT2D eigenvalue weighted by Crippen LogP contribution is -2.03. The highest BCUT2D eigenvalue weighted by Gasteiger charge is 2.08. The van der Waals surface area contributed by atoms with Gasteiger partial charge in [-0.25, -0.2) is 0 Å². The van der Waals surface area contributed by atoms with E-state index in [4.69, 9.17) is 14.4 Å². The minimum absolute atomic E-state index is 0.216. The fourth-order valence-corrected chi connectivity index (χ4v) is 1.74. The summed E-state index contributed by atoms with van der Waals surface area (Å²) in [7, 11) is 1.52. The number of hydrogen-bond acceptors (Lipinski definition) is 5. The molecule has 0 fully saturated rings. The average Bonchev–Trinajstić information content (AvgIpc) is 2.33. The Morgan fingerprint density at radius 3 is 3.00 bits per heavy atom. The molecule has 5 heteroatoms. The molecular weight excluding hydrogens is 226 g/mol. The molecule has 2 rings (SSSR count). The number of nitriles is 1. The molecule has 0 unspecified atom stereocenters. The van der Waals surface area contributed by atoms with Crippen molar-refractivity contribution < 1.29 is 9.15 Å². The van der Waals surface area contributed by atoms with Gasteiger partial charge in [0.2, 0.25) is 5.43 Å². The second-order valence-electron chi connectivity index (χ2n) is 2.98. The van der Waals surface area contributed by atoms with Crippen molar-refractivity contribution in [1.82, 2.24) is 0 Å². The van der Waals surface area contributed by atoms with Crippen LogP contribution in [0.5, 0.6) is 5.75 Å². The molecule has 0 bridgehead atoms. The van der Waals surface area contributed by atoms with Crippen molar-refractivity contribution in [3.05, 3.63) is 34.7 Å². The molecule has 2 aromatic rings. The van der Waals surface area contributed by atoms with Gasteiger partial charge in [0.25, 0.3) is 0 Å². The van der Waals surface area contributed by atoms with Gasteiger partial charge in [-0.1, -0.05) is 0 Å². The summed E-state index contributed by atoms with van der Waals surface area (Å²) >= 11 is 0.789. The van der Waals surface area contributed by atoms with E-state index in [-0.39, 0.29) is 10.3 Å². The lowest BCUT2D eigenvalue weighted by atomic mass is 10.2. The molecule has 0 saturated carbocycles. The van der Waals surface area contributed by atoms with Crippen molar-refractivity contribution in [3.8, 4) is 11.2 Å². The molecule has 0 aliphatic heterocycles. The van der Waals surface area contributed by atoms with Crippen LogP contribution in [0.4, 0.5) is 0 Å². The largest absolute Gasteiger partial charge is 0.497 e. The summed E-state index contributed by atoms with van der Waals surface area (Å²) < 4.78 is 10.3. The highest BCUT2D eigenvalue weighted by molar-refractivity contribution is 8.03. The second-order valence-corrected chi connectivity index (χ2v) is 3.81. The van der Waals surface area contributed by atoms with Crippen LogP contribution in [0.2, 0.25) is 0 Å². The first kappa shape index (κ1) is 10.6. The van der Waals surface area contributed by atoms with Crippen molar-refractivity contribution in [3.63, 3.8) is 0 Å². The highest BCUT2D eigenvalue weighted by atomic mass is 32.2. The molecular formula is C11H7NO3S. The summed E-state index contributed by atoms with van der Waals surface area (Å²) in [5.41, 5.74) is 0.264. The summed E-state index contributed by atoms with van der Waals surface area (Å²) in [6.07, 6.45) is 1.30. The first-order chi connectivity index (χ1) is 7.76. The number of benzene rings is 1. The van der Waals surface area contributed by atoms with Gasteiger partial charge in [-0.3, -0.25) is 4.79 Å². The van der Waals surface area contributed by atoms with Crippen LogP contribution in [0, 0.1) is 10.7 Å². The summed E-state index contributed by atoms with van der Waals surface area (Å²) in [5.74, 6) is 0.582. The molecule has 0 aliphatic rings. The Morgan fingerprint density at radius 1 is 1.50 bits per heavy atom. The highest BCUT2D eigenvalue weighted by Crippen LogP contribution is 2.21. The maximum atomic E-state index is 11.9. The van der Waals surface area contributed by atoms with Crippen molar-refractivity contribution in [2.75, 3.05) is 7.11 Å². The van der Waals surface area contributed by atoms with E-state index in [1.54, 1.807) is 18.2 Å². The number of nitrogens with zero attached hydrogens (tertiary/aromatic N) is 1. The van der Waals surface area contributed by atoms with Gasteiger partial charge in [-0.15, -0.1) is 0 Å². The van der Waals surface area contributed by atoms with Crippen LogP contribution in [-0.4, -0.2) is 7.11 Å². The van der Waals surface area contributed by atoms with Gasteiger partial charge in [0, 0.05) is 0 Å². The Kier molecular flexibility index (Phi) is 2.84. The Bertz CT molecular complexity index is 627. The van der Waals surface area contributed by atoms with Crippen LogP contribution in [-0.2, 0) is 0 Å². The molecule has 80 valence electrons. The average molecular weight is 233 g/mol. The van der Waals surface area contributed by atoms with Crippen LogP contribution in [0.3, 0.4) is 0 Å². The van der Waals surface area contributed by atoms with E-state index in [0.717, 1.165) is 11.8 Å². The van der Waals surface area contributed by atoms with Crippen molar-refractivity contribution in [1.29, 1.82) is 5.26 Å². The zero-order valence-electron chi connectivity index (χ0n) is 8.39. The van der Waals surface area contributed by atoms with Crippen LogP contribution in [0.1, 0.15) is 0 Å². The molecule has 1 heterocycles. The maximum Gasteiger partial charge on any atom is 0.207 e. The van der Waals surface area contributed by atoms with Crippen molar-refractivity contribution in [2.24, 2.45) is 0 Å². The first-order valence-corrected chi connectivity index (χ1v) is 5.23. The molecule has 4 nitrogen and oxygen atoms in total. The number of rotatable bonds is 2. The molecule has 1 aromatic carbocycles. The molecule has 0 N–H and O–H groups in total. The molecule has 1 aromatic heterocycles. The number of ether oxygens (including phenoxy) is 1. The number of fused-ring (bicyclic) bond motifs is 1. The van der Waals surface area contributed by atoms with E-state index in [1.165, 1.54) is 13.4 Å². The number of thioether (sulfide) groups is 1. The number of methoxy groups -OCH3 is 1. The third-order valence-corrected chi connectivity index (χ3v) is 2.70. The van der Waals surface area contributed by atoms with Crippen LogP contribution in [0.15, 0.2) is 38.6 Å². The summed E-state index contributed by atoms with van der Waals surface area (Å²) in [5, 5.41) is 10.8. The Labute approximate surface area is 95.4 Å². The molecule has 0 aliphatic carbocycles. The Balaban J connectivity index is 2.72. The van der Waals surface area contributed by atoms with Crippen LogP contribution in [0.25, 0.3) is 11.0 Å². The van der Waals surface area contributed by atoms with Gasteiger partial charge < -0.3 is 9.15 Å². The zero-order chi connectivity index (χ0) is 11.5. The van der Waals surface area contributed by atoms with Crippen molar-refractivity contribution in [2.45, 2.75) is 4.90 Å². The van der Waals surface area contributed by atoms with E-state index in [0.29, 0.717) is 16.7 Å². The summed E-state index contributed by atoms with van der Waals surface area (Å²) in [6.45, 7) is 0. The zero-order valence-corrected chi connectivity index (χ0v) is 9.21. The minimum atomic E-state index is -0.216. The predicted molar refractivity (Wildman–Crippen MR) is 60.5 cm³/mol. The van der Waals surface area contributed by atoms with E-state index in [1.807, 2.05) is 5.40 Å². The number of thiocyanates is 1. The lowest BCUT2D eigenvalue weighted by molar-refractivity contribution is 0.415. The smallest absolute Gasteiger partial charge is 0.207 e. The first-order valence-electron chi connectivity index (χ1n) is 4.41. The predicted octanol–water partition coefficient (Wildman–Crippen LogP) is 2.37. The minimum Gasteiger partial charge on any atom is -0.497 e. The van der Waals surface area contributed by atoms with Gasteiger partial charge in [-0.2, -0.15) is 5.26 Å². The third-order valence-electron chi connectivity index (χ3n) is 2.10. The molecule has 0 spiro atoms. The van der Waals surface area contributed by atoms with Gasteiger partial charge in [0.05, 0.1) is 12.5 Å². The standard InChI is InChI=1S/C11H7NO3S/c1-14-7-2-3-9-8(4-7)11(13)10(5-15-9)16-6-12/h2-5H,1H3. The Morgan fingerprint density at radius 2 is 2.31 bits per heavy atom. The van der Waals surface area contributed by atoms with Gasteiger partial charge in [0.15, 0.2) is 0 Å². The van der Waals surface area contributed by atoms with Gasteiger partial charge in [0.1, 0.15) is 27.9 Å². The monoisotopic (exact) mass is 233 g/mol. The lowest BCUT2D eigenvalue weighted by Gasteiger charge is -2.01. The van der Waals surface area contributed by atoms with E-state index < -0.39 is 0 Å². The topological polar surface area (TPSA) is 63.2 Å². The molecule has 0 saturated heterocycles. The fraction of sp³-hybridized carbons (Fsp3) is 0.0909. The summed E-state index contributed by atoms with van der Waals surface area (Å²) in [6, 6.07) is 4.97. The van der Waals surface area contributed by atoms with Gasteiger partial charge in [-0.05, 0) is 30.0 Å². The molecule has 0 radical (unpaired) electrons. The maximum absolute atomic E-state index is 11.9. The number of hydrogen-bond donors (Lipinski definition) is 0. The molecule has 0 amide bonds. The van der Waals surface area contributed by atoms with Crippen LogP contribution >= 0.6 is 11.8 Å². The van der Waals surface area contributed by atoms with Crippen LogP contribution < -0.4 is 10.2 Å². The SMILES string of the molecule is COc1ccc2occ(SC#N)c(=O)c2c1. The third kappa shape index (κ3) is 1.75. The van der Waals surface area contributed by atoms with Gasteiger partial charge >= 0.3 is 0 Å². The Hall–Kier alpha value is -1.93.